The van der Waals surface area contributed by atoms with Crippen LogP contribution in [0.3, 0.4) is 0 Å². The zero-order valence-corrected chi connectivity index (χ0v) is 9.63. The van der Waals surface area contributed by atoms with E-state index in [0.29, 0.717) is 16.5 Å². The molecular weight excluding hydrogens is 216 g/mol. The Bertz CT molecular complexity index is 366. The van der Waals surface area contributed by atoms with Crippen molar-refractivity contribution < 1.29 is 9.53 Å². The van der Waals surface area contributed by atoms with Crippen LogP contribution in [-0.2, 0) is 0 Å². The number of urea groups is 1. The topological polar surface area (TPSA) is 41.6 Å². The minimum absolute atomic E-state index is 0.220. The highest BCUT2D eigenvalue weighted by atomic mass is 35.5. The first-order valence-electron chi connectivity index (χ1n) is 4.36. The molecule has 82 valence electrons. The first kappa shape index (κ1) is 11.7. The Labute approximate surface area is 93.8 Å². The zero-order chi connectivity index (χ0) is 11.4. The predicted molar refractivity (Wildman–Crippen MR) is 60.7 cm³/mol. The van der Waals surface area contributed by atoms with Gasteiger partial charge in [-0.3, -0.25) is 0 Å². The molecule has 2 amide bonds. The van der Waals surface area contributed by atoms with E-state index in [1.165, 1.54) is 4.90 Å². The maximum atomic E-state index is 11.3. The van der Waals surface area contributed by atoms with Gasteiger partial charge in [-0.25, -0.2) is 4.79 Å². The van der Waals surface area contributed by atoms with Gasteiger partial charge in [0.2, 0.25) is 0 Å². The van der Waals surface area contributed by atoms with Crippen LogP contribution in [0.5, 0.6) is 5.75 Å². The molecule has 4 nitrogen and oxygen atoms in total. The summed E-state index contributed by atoms with van der Waals surface area (Å²) in [4.78, 5) is 12.8. The lowest BCUT2D eigenvalue weighted by Gasteiger charge is -2.13. The number of hydrogen-bond donors (Lipinski definition) is 1. The highest BCUT2D eigenvalue weighted by Gasteiger charge is 2.07. The molecule has 15 heavy (non-hydrogen) atoms. The van der Waals surface area contributed by atoms with E-state index in [1.54, 1.807) is 39.4 Å². The molecule has 0 aliphatic rings. The predicted octanol–water partition coefficient (Wildman–Crippen LogP) is 2.44. The Morgan fingerprint density at radius 1 is 1.47 bits per heavy atom. The largest absolute Gasteiger partial charge is 0.497 e. The number of nitrogens with one attached hydrogen (secondary N) is 1. The fraction of sp³-hybridized carbons (Fsp3) is 0.300. The van der Waals surface area contributed by atoms with Crippen LogP contribution < -0.4 is 10.1 Å². The van der Waals surface area contributed by atoms with Crippen LogP contribution in [0.4, 0.5) is 10.5 Å². The Kier molecular flexibility index (Phi) is 3.80. The second-order valence-electron chi connectivity index (χ2n) is 3.17. The summed E-state index contributed by atoms with van der Waals surface area (Å²) in [6, 6.07) is 4.86. The summed E-state index contributed by atoms with van der Waals surface area (Å²) in [6.45, 7) is 0. The van der Waals surface area contributed by atoms with Crippen molar-refractivity contribution in [2.75, 3.05) is 26.5 Å². The lowest BCUT2D eigenvalue weighted by atomic mass is 10.3. The lowest BCUT2D eigenvalue weighted by Crippen LogP contribution is -2.27. The summed E-state index contributed by atoms with van der Waals surface area (Å²) >= 11 is 5.94. The van der Waals surface area contributed by atoms with Crippen LogP contribution in [0.2, 0.25) is 5.02 Å². The SMILES string of the molecule is COc1ccc(NC(=O)N(C)C)c(Cl)c1. The Morgan fingerprint density at radius 2 is 2.13 bits per heavy atom. The number of methoxy groups -OCH3 is 1. The van der Waals surface area contributed by atoms with Crippen LogP contribution in [0, 0.1) is 0 Å². The molecule has 0 aliphatic heterocycles. The number of benzene rings is 1. The molecule has 0 unspecified atom stereocenters. The lowest BCUT2D eigenvalue weighted by molar-refractivity contribution is 0.230. The fourth-order valence-corrected chi connectivity index (χ4v) is 1.17. The van der Waals surface area contributed by atoms with Crippen LogP contribution in [0.1, 0.15) is 0 Å². The fourth-order valence-electron chi connectivity index (χ4n) is 0.951. The highest BCUT2D eigenvalue weighted by molar-refractivity contribution is 6.33. The van der Waals surface area contributed by atoms with E-state index in [0.717, 1.165) is 0 Å². The number of nitrogens with zero attached hydrogens (tertiary/aromatic N) is 1. The molecule has 0 aromatic heterocycles. The Morgan fingerprint density at radius 3 is 2.60 bits per heavy atom. The van der Waals surface area contributed by atoms with Gasteiger partial charge in [-0.15, -0.1) is 0 Å². The van der Waals surface area contributed by atoms with Gasteiger partial charge in [0.1, 0.15) is 5.75 Å². The van der Waals surface area contributed by atoms with E-state index >= 15 is 0 Å². The second-order valence-corrected chi connectivity index (χ2v) is 3.58. The van der Waals surface area contributed by atoms with Gasteiger partial charge in [0.05, 0.1) is 17.8 Å². The summed E-state index contributed by atoms with van der Waals surface area (Å²) in [6.07, 6.45) is 0. The first-order valence-corrected chi connectivity index (χ1v) is 4.74. The van der Waals surface area contributed by atoms with Crippen LogP contribution in [0.15, 0.2) is 18.2 Å². The molecule has 0 bridgehead atoms. The molecule has 0 radical (unpaired) electrons. The van der Waals surface area contributed by atoms with Gasteiger partial charge >= 0.3 is 6.03 Å². The van der Waals surface area contributed by atoms with Crippen molar-refractivity contribution in [1.29, 1.82) is 0 Å². The van der Waals surface area contributed by atoms with Gasteiger partial charge in [-0.05, 0) is 12.1 Å². The van der Waals surface area contributed by atoms with Crippen molar-refractivity contribution in [2.24, 2.45) is 0 Å². The monoisotopic (exact) mass is 228 g/mol. The molecule has 0 aliphatic carbocycles. The number of rotatable bonds is 2. The van der Waals surface area contributed by atoms with Crippen molar-refractivity contribution in [3.05, 3.63) is 23.2 Å². The molecular formula is C10H13ClN2O2. The van der Waals surface area contributed by atoms with E-state index in [9.17, 15) is 4.79 Å². The van der Waals surface area contributed by atoms with Crippen molar-refractivity contribution in [1.82, 2.24) is 4.90 Å². The summed E-state index contributed by atoms with van der Waals surface area (Å²) in [7, 11) is 4.88. The molecule has 0 spiro atoms. The maximum absolute atomic E-state index is 11.3. The van der Waals surface area contributed by atoms with E-state index in [-0.39, 0.29) is 6.03 Å². The number of halogens is 1. The average Bonchev–Trinajstić information content (AvgIpc) is 2.20. The number of hydrogen-bond acceptors (Lipinski definition) is 2. The summed E-state index contributed by atoms with van der Waals surface area (Å²) < 4.78 is 4.99. The maximum Gasteiger partial charge on any atom is 0.321 e. The quantitative estimate of drug-likeness (QED) is 0.845. The van der Waals surface area contributed by atoms with Gasteiger partial charge in [-0.2, -0.15) is 0 Å². The zero-order valence-electron chi connectivity index (χ0n) is 8.87. The van der Waals surface area contributed by atoms with Gasteiger partial charge < -0.3 is 15.0 Å². The van der Waals surface area contributed by atoms with E-state index < -0.39 is 0 Å². The van der Waals surface area contributed by atoms with Crippen molar-refractivity contribution in [2.45, 2.75) is 0 Å². The minimum atomic E-state index is -0.220. The third-order valence-corrected chi connectivity index (χ3v) is 2.14. The molecule has 1 aromatic rings. The molecule has 0 fully saturated rings. The first-order chi connectivity index (χ1) is 7.04. The number of carbonyl (C=O) groups excluding carboxylic acids is 1. The van der Waals surface area contributed by atoms with Crippen molar-refractivity contribution in [3.63, 3.8) is 0 Å². The smallest absolute Gasteiger partial charge is 0.321 e. The average molecular weight is 229 g/mol. The molecule has 1 rings (SSSR count). The number of ether oxygens (including phenoxy) is 1. The van der Waals surface area contributed by atoms with Gasteiger partial charge in [0, 0.05) is 20.2 Å². The third kappa shape index (κ3) is 3.02. The minimum Gasteiger partial charge on any atom is -0.497 e. The standard InChI is InChI=1S/C10H13ClN2O2/c1-13(2)10(14)12-9-5-4-7(15-3)6-8(9)11/h4-6H,1-3H3,(H,12,14). The van der Waals surface area contributed by atoms with E-state index in [1.807, 2.05) is 0 Å². The van der Waals surface area contributed by atoms with E-state index in [4.69, 9.17) is 16.3 Å². The normalized spacial score (nSPS) is 9.60. The Balaban J connectivity index is 2.83. The second kappa shape index (κ2) is 4.89. The number of amides is 2. The molecule has 1 N–H and O–H groups in total. The highest BCUT2D eigenvalue weighted by Crippen LogP contribution is 2.26. The molecule has 0 saturated heterocycles. The molecule has 0 heterocycles. The van der Waals surface area contributed by atoms with Crippen LogP contribution >= 0.6 is 11.6 Å². The molecule has 0 atom stereocenters. The molecule has 0 saturated carbocycles. The van der Waals surface area contributed by atoms with Gasteiger partial charge in [-0.1, -0.05) is 11.6 Å². The van der Waals surface area contributed by atoms with Gasteiger partial charge in [0.25, 0.3) is 0 Å². The van der Waals surface area contributed by atoms with E-state index in [2.05, 4.69) is 5.32 Å². The number of carbonyl (C=O) groups is 1. The Hall–Kier alpha value is -1.42. The molecule has 5 heteroatoms. The number of anilines is 1. The van der Waals surface area contributed by atoms with Crippen LogP contribution in [0.25, 0.3) is 0 Å². The van der Waals surface area contributed by atoms with Crippen molar-refractivity contribution in [3.8, 4) is 5.75 Å². The van der Waals surface area contributed by atoms with Crippen LogP contribution in [-0.4, -0.2) is 32.1 Å². The third-order valence-electron chi connectivity index (χ3n) is 1.82. The molecule has 1 aromatic carbocycles. The summed E-state index contributed by atoms with van der Waals surface area (Å²) in [5, 5.41) is 3.11. The van der Waals surface area contributed by atoms with Crippen molar-refractivity contribution >= 4 is 23.3 Å². The summed E-state index contributed by atoms with van der Waals surface area (Å²) in [5.74, 6) is 0.655. The summed E-state index contributed by atoms with van der Waals surface area (Å²) in [5.41, 5.74) is 0.566. The van der Waals surface area contributed by atoms with Gasteiger partial charge in [0.15, 0.2) is 0 Å².